The lowest BCUT2D eigenvalue weighted by molar-refractivity contribution is 0.0627. The van der Waals surface area contributed by atoms with Crippen molar-refractivity contribution in [3.05, 3.63) is 94.5 Å². The van der Waals surface area contributed by atoms with Crippen LogP contribution in [0.2, 0.25) is 5.02 Å². The Balaban J connectivity index is 1.36. The molecule has 0 bridgehead atoms. The second-order valence-corrected chi connectivity index (χ2v) is 7.95. The van der Waals surface area contributed by atoms with Crippen LogP contribution >= 0.6 is 11.6 Å². The number of rotatable bonds is 5. The summed E-state index contributed by atoms with van der Waals surface area (Å²) in [6, 6.07) is 14.9. The molecule has 4 rings (SSSR count). The van der Waals surface area contributed by atoms with Crippen molar-refractivity contribution in [1.29, 1.82) is 0 Å². The summed E-state index contributed by atoms with van der Waals surface area (Å²) in [7, 11) is 0. The number of halogens is 2. The minimum Gasteiger partial charge on any atom is -0.336 e. The van der Waals surface area contributed by atoms with E-state index < -0.39 is 0 Å². The van der Waals surface area contributed by atoms with Crippen molar-refractivity contribution in [2.24, 2.45) is 0 Å². The Hall–Kier alpha value is -3.29. The lowest BCUT2D eigenvalue weighted by Crippen LogP contribution is -2.48. The number of nitrogens with one attached hydrogen (secondary N) is 1. The van der Waals surface area contributed by atoms with E-state index in [-0.39, 0.29) is 17.6 Å². The number of nitrogens with zero attached hydrogens (tertiary/aromatic N) is 3. The van der Waals surface area contributed by atoms with Crippen LogP contribution in [0.15, 0.2) is 67.0 Å². The molecule has 0 atom stereocenters. The van der Waals surface area contributed by atoms with E-state index in [1.54, 1.807) is 59.6 Å². The zero-order valence-electron chi connectivity index (χ0n) is 17.3. The molecule has 6 nitrogen and oxygen atoms in total. The van der Waals surface area contributed by atoms with Gasteiger partial charge >= 0.3 is 0 Å². The number of hydrogen-bond acceptors (Lipinski definition) is 4. The molecule has 1 saturated heterocycles. The Morgan fingerprint density at radius 3 is 2.47 bits per heavy atom. The van der Waals surface area contributed by atoms with Gasteiger partial charge in [-0.15, -0.1) is 0 Å². The molecule has 0 aliphatic carbocycles. The third-order valence-corrected chi connectivity index (χ3v) is 5.75. The standard InChI is InChI=1S/C24H22ClFN4O2/c25-21-7-2-8-22(26)20(21)16-29-10-12-30(13-11-29)24(32)17-4-1-6-19(14-17)28-23(31)18-5-3-9-27-15-18/h1-9,14-15H,10-13,16H2,(H,28,31). The summed E-state index contributed by atoms with van der Waals surface area (Å²) in [5.74, 6) is -0.713. The number of pyridine rings is 1. The van der Waals surface area contributed by atoms with E-state index in [0.29, 0.717) is 60.1 Å². The highest BCUT2D eigenvalue weighted by molar-refractivity contribution is 6.31. The molecule has 0 spiro atoms. The van der Waals surface area contributed by atoms with Gasteiger partial charge in [0.2, 0.25) is 0 Å². The first-order chi connectivity index (χ1) is 15.5. The Bertz CT molecular complexity index is 1100. The van der Waals surface area contributed by atoms with Crippen molar-refractivity contribution in [2.75, 3.05) is 31.5 Å². The highest BCUT2D eigenvalue weighted by Gasteiger charge is 2.23. The second-order valence-electron chi connectivity index (χ2n) is 7.55. The van der Waals surface area contributed by atoms with Crippen LogP contribution in [0.3, 0.4) is 0 Å². The molecule has 164 valence electrons. The monoisotopic (exact) mass is 452 g/mol. The molecule has 0 radical (unpaired) electrons. The lowest BCUT2D eigenvalue weighted by Gasteiger charge is -2.35. The zero-order valence-corrected chi connectivity index (χ0v) is 18.1. The van der Waals surface area contributed by atoms with Gasteiger partial charge in [-0.05, 0) is 42.5 Å². The van der Waals surface area contributed by atoms with E-state index >= 15 is 0 Å². The molecule has 1 N–H and O–H groups in total. The van der Waals surface area contributed by atoms with Crippen molar-refractivity contribution in [2.45, 2.75) is 6.54 Å². The highest BCUT2D eigenvalue weighted by atomic mass is 35.5. The van der Waals surface area contributed by atoms with Gasteiger partial charge in [0, 0.05) is 67.0 Å². The maximum Gasteiger partial charge on any atom is 0.257 e. The summed E-state index contributed by atoms with van der Waals surface area (Å²) in [6.45, 7) is 2.69. The maximum absolute atomic E-state index is 14.1. The minimum absolute atomic E-state index is 0.106. The summed E-state index contributed by atoms with van der Waals surface area (Å²) in [5, 5.41) is 3.21. The number of carbonyl (C=O) groups is 2. The second kappa shape index (κ2) is 9.89. The van der Waals surface area contributed by atoms with Gasteiger partial charge in [-0.2, -0.15) is 0 Å². The first kappa shape index (κ1) is 21.9. The van der Waals surface area contributed by atoms with E-state index in [0.717, 1.165) is 0 Å². The molecule has 2 aromatic carbocycles. The van der Waals surface area contributed by atoms with E-state index in [2.05, 4.69) is 15.2 Å². The number of aromatic nitrogens is 1. The smallest absolute Gasteiger partial charge is 0.257 e. The van der Waals surface area contributed by atoms with Crippen LogP contribution in [0.5, 0.6) is 0 Å². The van der Waals surface area contributed by atoms with Crippen molar-refractivity contribution in [3.8, 4) is 0 Å². The fraction of sp³-hybridized carbons (Fsp3) is 0.208. The van der Waals surface area contributed by atoms with E-state index in [1.165, 1.54) is 12.3 Å². The quantitative estimate of drug-likeness (QED) is 0.633. The van der Waals surface area contributed by atoms with Crippen LogP contribution in [-0.4, -0.2) is 52.8 Å². The van der Waals surface area contributed by atoms with Crippen LogP contribution in [0.4, 0.5) is 10.1 Å². The molecule has 8 heteroatoms. The van der Waals surface area contributed by atoms with Gasteiger partial charge in [0.05, 0.1) is 5.56 Å². The normalized spacial score (nSPS) is 14.2. The Morgan fingerprint density at radius 1 is 1.00 bits per heavy atom. The largest absolute Gasteiger partial charge is 0.336 e. The molecular formula is C24H22ClFN4O2. The topological polar surface area (TPSA) is 65.5 Å². The van der Waals surface area contributed by atoms with Gasteiger partial charge in [-0.1, -0.05) is 23.7 Å². The fourth-order valence-corrected chi connectivity index (χ4v) is 3.85. The molecule has 32 heavy (non-hydrogen) atoms. The van der Waals surface area contributed by atoms with Crippen molar-refractivity contribution in [1.82, 2.24) is 14.8 Å². The van der Waals surface area contributed by atoms with E-state index in [1.807, 2.05) is 0 Å². The van der Waals surface area contributed by atoms with E-state index in [9.17, 15) is 14.0 Å². The molecule has 1 aromatic heterocycles. The van der Waals surface area contributed by atoms with Crippen molar-refractivity contribution < 1.29 is 14.0 Å². The molecule has 2 heterocycles. The average Bonchev–Trinajstić information content (AvgIpc) is 2.82. The molecule has 0 saturated carbocycles. The summed E-state index contributed by atoms with van der Waals surface area (Å²) in [5.41, 5.74) is 1.96. The van der Waals surface area contributed by atoms with Gasteiger partial charge in [-0.3, -0.25) is 19.5 Å². The van der Waals surface area contributed by atoms with Gasteiger partial charge in [0.25, 0.3) is 11.8 Å². The lowest BCUT2D eigenvalue weighted by atomic mass is 10.1. The minimum atomic E-state index is -0.318. The Morgan fingerprint density at radius 2 is 1.75 bits per heavy atom. The van der Waals surface area contributed by atoms with Gasteiger partial charge in [0.15, 0.2) is 0 Å². The Kier molecular flexibility index (Phi) is 6.78. The molecule has 1 aliphatic heterocycles. The maximum atomic E-state index is 14.1. The first-order valence-electron chi connectivity index (χ1n) is 10.3. The van der Waals surface area contributed by atoms with Crippen LogP contribution in [0.25, 0.3) is 0 Å². The van der Waals surface area contributed by atoms with Gasteiger partial charge in [0.1, 0.15) is 5.82 Å². The Labute approximate surface area is 190 Å². The number of amides is 2. The van der Waals surface area contributed by atoms with Gasteiger partial charge in [-0.25, -0.2) is 4.39 Å². The molecule has 1 aliphatic rings. The zero-order chi connectivity index (χ0) is 22.5. The predicted octanol–water partition coefficient (Wildman–Crippen LogP) is 4.08. The summed E-state index contributed by atoms with van der Waals surface area (Å²) in [4.78, 5) is 33.1. The number of piperazine rings is 1. The molecule has 2 amide bonds. The molecule has 0 unspecified atom stereocenters. The number of carbonyl (C=O) groups excluding carboxylic acids is 2. The van der Waals surface area contributed by atoms with E-state index in [4.69, 9.17) is 11.6 Å². The third-order valence-electron chi connectivity index (χ3n) is 5.39. The van der Waals surface area contributed by atoms with Crippen LogP contribution in [0.1, 0.15) is 26.3 Å². The van der Waals surface area contributed by atoms with Gasteiger partial charge < -0.3 is 10.2 Å². The number of benzene rings is 2. The van der Waals surface area contributed by atoms with Crippen molar-refractivity contribution >= 4 is 29.1 Å². The molecule has 1 fully saturated rings. The van der Waals surface area contributed by atoms with Crippen molar-refractivity contribution in [3.63, 3.8) is 0 Å². The molecular weight excluding hydrogens is 431 g/mol. The highest BCUT2D eigenvalue weighted by Crippen LogP contribution is 2.22. The SMILES string of the molecule is O=C(Nc1cccc(C(=O)N2CCN(Cc3c(F)cccc3Cl)CC2)c1)c1cccnc1. The summed E-state index contributed by atoms with van der Waals surface area (Å²) in [6.07, 6.45) is 3.08. The van der Waals surface area contributed by atoms with Crippen LogP contribution in [0, 0.1) is 5.82 Å². The molecule has 3 aromatic rings. The fourth-order valence-electron chi connectivity index (χ4n) is 3.63. The third kappa shape index (κ3) is 5.12. The summed E-state index contributed by atoms with van der Waals surface area (Å²) < 4.78 is 14.1. The predicted molar refractivity (Wildman–Crippen MR) is 121 cm³/mol. The number of anilines is 1. The van der Waals surface area contributed by atoms with Crippen LogP contribution < -0.4 is 5.32 Å². The number of hydrogen-bond donors (Lipinski definition) is 1. The summed E-state index contributed by atoms with van der Waals surface area (Å²) >= 11 is 6.13. The van der Waals surface area contributed by atoms with Crippen LogP contribution in [-0.2, 0) is 6.54 Å². The first-order valence-corrected chi connectivity index (χ1v) is 10.6. The average molecular weight is 453 g/mol.